The molecule has 0 spiro atoms. The number of carbonyl (C=O) groups excluding carboxylic acids is 1. The Morgan fingerprint density at radius 2 is 2.05 bits per heavy atom. The minimum atomic E-state index is -0.0413. The van der Waals surface area contributed by atoms with Crippen LogP contribution in [0.25, 0.3) is 0 Å². The SMILES string of the molecule is O=C(C[C@@H](SCCO)c1ccc(Cl)cc1)c1ccco1. The van der Waals surface area contributed by atoms with Gasteiger partial charge in [0.05, 0.1) is 12.9 Å². The third kappa shape index (κ3) is 4.13. The zero-order chi connectivity index (χ0) is 14.4. The summed E-state index contributed by atoms with van der Waals surface area (Å²) in [7, 11) is 0. The van der Waals surface area contributed by atoms with Gasteiger partial charge in [-0.25, -0.2) is 0 Å². The van der Waals surface area contributed by atoms with Gasteiger partial charge in [0.1, 0.15) is 0 Å². The number of hydrogen-bond donors (Lipinski definition) is 1. The van der Waals surface area contributed by atoms with E-state index in [1.54, 1.807) is 36.0 Å². The average molecular weight is 311 g/mol. The van der Waals surface area contributed by atoms with Crippen molar-refractivity contribution in [2.45, 2.75) is 11.7 Å². The van der Waals surface area contributed by atoms with Crippen molar-refractivity contribution in [3.8, 4) is 0 Å². The van der Waals surface area contributed by atoms with Gasteiger partial charge in [0.25, 0.3) is 0 Å². The summed E-state index contributed by atoms with van der Waals surface area (Å²) in [5.74, 6) is 0.910. The Morgan fingerprint density at radius 1 is 1.30 bits per heavy atom. The predicted molar refractivity (Wildman–Crippen MR) is 81.4 cm³/mol. The van der Waals surface area contributed by atoms with Crippen molar-refractivity contribution >= 4 is 29.1 Å². The number of rotatable bonds is 7. The van der Waals surface area contributed by atoms with Gasteiger partial charge in [0.2, 0.25) is 0 Å². The van der Waals surface area contributed by atoms with Crippen LogP contribution in [0.15, 0.2) is 47.1 Å². The number of carbonyl (C=O) groups is 1. The van der Waals surface area contributed by atoms with Gasteiger partial charge >= 0.3 is 0 Å². The van der Waals surface area contributed by atoms with E-state index in [0.717, 1.165) is 5.56 Å². The summed E-state index contributed by atoms with van der Waals surface area (Å²) < 4.78 is 5.13. The molecule has 20 heavy (non-hydrogen) atoms. The van der Waals surface area contributed by atoms with Crippen molar-refractivity contribution < 1.29 is 14.3 Å². The quantitative estimate of drug-likeness (QED) is 0.786. The summed E-state index contributed by atoms with van der Waals surface area (Å²) in [4.78, 5) is 12.1. The summed E-state index contributed by atoms with van der Waals surface area (Å²) in [5, 5.41) is 9.63. The van der Waals surface area contributed by atoms with Gasteiger partial charge < -0.3 is 9.52 Å². The zero-order valence-electron chi connectivity index (χ0n) is 10.8. The van der Waals surface area contributed by atoms with Crippen molar-refractivity contribution in [1.29, 1.82) is 0 Å². The second-order valence-electron chi connectivity index (χ2n) is 4.24. The molecule has 0 saturated heterocycles. The summed E-state index contributed by atoms with van der Waals surface area (Å²) in [6.07, 6.45) is 1.82. The van der Waals surface area contributed by atoms with Crippen molar-refractivity contribution in [2.75, 3.05) is 12.4 Å². The highest BCUT2D eigenvalue weighted by atomic mass is 35.5. The van der Waals surface area contributed by atoms with Crippen LogP contribution >= 0.6 is 23.4 Å². The molecule has 2 rings (SSSR count). The molecule has 1 aromatic heterocycles. The maximum atomic E-state index is 12.1. The van der Waals surface area contributed by atoms with Crippen LogP contribution in [0, 0.1) is 0 Å². The first kappa shape index (κ1) is 15.2. The molecule has 0 bridgehead atoms. The molecule has 0 saturated carbocycles. The van der Waals surface area contributed by atoms with E-state index >= 15 is 0 Å². The van der Waals surface area contributed by atoms with Crippen molar-refractivity contribution in [3.05, 3.63) is 59.0 Å². The van der Waals surface area contributed by atoms with E-state index in [4.69, 9.17) is 21.1 Å². The average Bonchev–Trinajstić information content (AvgIpc) is 2.98. The normalized spacial score (nSPS) is 12.3. The highest BCUT2D eigenvalue weighted by Gasteiger charge is 2.19. The van der Waals surface area contributed by atoms with Crippen molar-refractivity contribution in [2.24, 2.45) is 0 Å². The van der Waals surface area contributed by atoms with Gasteiger partial charge in [-0.3, -0.25) is 4.79 Å². The molecule has 2 aromatic rings. The van der Waals surface area contributed by atoms with Crippen LogP contribution in [0.1, 0.15) is 27.8 Å². The molecule has 0 radical (unpaired) electrons. The number of ketones is 1. The Balaban J connectivity index is 2.11. The topological polar surface area (TPSA) is 50.4 Å². The Hall–Kier alpha value is -1.23. The van der Waals surface area contributed by atoms with Crippen LogP contribution < -0.4 is 0 Å². The molecule has 5 heteroatoms. The van der Waals surface area contributed by atoms with Crippen LogP contribution in [0.5, 0.6) is 0 Å². The lowest BCUT2D eigenvalue weighted by Gasteiger charge is -2.15. The predicted octanol–water partition coefficient (Wildman–Crippen LogP) is 3.97. The monoisotopic (exact) mass is 310 g/mol. The zero-order valence-corrected chi connectivity index (χ0v) is 12.4. The minimum Gasteiger partial charge on any atom is -0.461 e. The van der Waals surface area contributed by atoms with Crippen LogP contribution in [0.3, 0.4) is 0 Å². The number of furan rings is 1. The molecule has 1 N–H and O–H groups in total. The van der Waals surface area contributed by atoms with E-state index in [9.17, 15) is 4.79 Å². The Labute approximate surface area is 126 Å². The maximum Gasteiger partial charge on any atom is 0.199 e. The smallest absolute Gasteiger partial charge is 0.199 e. The lowest BCUT2D eigenvalue weighted by Crippen LogP contribution is -2.06. The number of benzene rings is 1. The Morgan fingerprint density at radius 3 is 2.65 bits per heavy atom. The number of thioether (sulfide) groups is 1. The molecule has 0 aliphatic rings. The Bertz CT molecular complexity index is 537. The lowest BCUT2D eigenvalue weighted by atomic mass is 10.1. The molecule has 0 amide bonds. The van der Waals surface area contributed by atoms with Gasteiger partial charge in [-0.05, 0) is 29.8 Å². The van der Waals surface area contributed by atoms with E-state index in [1.807, 2.05) is 12.1 Å². The van der Waals surface area contributed by atoms with Crippen molar-refractivity contribution in [1.82, 2.24) is 0 Å². The first-order valence-electron chi connectivity index (χ1n) is 6.25. The molecular weight excluding hydrogens is 296 g/mol. The van der Waals surface area contributed by atoms with E-state index in [1.165, 1.54) is 6.26 Å². The summed E-state index contributed by atoms with van der Waals surface area (Å²) >= 11 is 7.43. The number of halogens is 1. The summed E-state index contributed by atoms with van der Waals surface area (Å²) in [5.41, 5.74) is 1.02. The molecule has 3 nitrogen and oxygen atoms in total. The highest BCUT2D eigenvalue weighted by Crippen LogP contribution is 2.33. The van der Waals surface area contributed by atoms with E-state index < -0.39 is 0 Å². The molecule has 106 valence electrons. The largest absolute Gasteiger partial charge is 0.461 e. The van der Waals surface area contributed by atoms with Crippen LogP contribution in [-0.4, -0.2) is 23.2 Å². The molecule has 0 unspecified atom stereocenters. The van der Waals surface area contributed by atoms with Gasteiger partial charge in [-0.15, -0.1) is 0 Å². The lowest BCUT2D eigenvalue weighted by molar-refractivity contribution is 0.0955. The number of aliphatic hydroxyl groups excluding tert-OH is 1. The maximum absolute atomic E-state index is 12.1. The fourth-order valence-corrected chi connectivity index (χ4v) is 2.99. The van der Waals surface area contributed by atoms with Crippen LogP contribution in [-0.2, 0) is 0 Å². The number of Topliss-reactive ketones (excluding diaryl/α,β-unsaturated/α-hetero) is 1. The third-order valence-corrected chi connectivity index (χ3v) is 4.33. The molecule has 1 heterocycles. The van der Waals surface area contributed by atoms with E-state index in [0.29, 0.717) is 23.0 Å². The van der Waals surface area contributed by atoms with E-state index in [-0.39, 0.29) is 17.6 Å². The molecule has 1 atom stereocenters. The summed E-state index contributed by atoms with van der Waals surface area (Å²) in [6.45, 7) is 0.0870. The van der Waals surface area contributed by atoms with E-state index in [2.05, 4.69) is 0 Å². The number of aliphatic hydroxyl groups is 1. The fraction of sp³-hybridized carbons (Fsp3) is 0.267. The molecule has 0 aliphatic heterocycles. The molecule has 0 aliphatic carbocycles. The molecule has 0 fully saturated rings. The van der Waals surface area contributed by atoms with Gasteiger partial charge in [0.15, 0.2) is 11.5 Å². The van der Waals surface area contributed by atoms with Gasteiger partial charge in [-0.2, -0.15) is 11.8 Å². The standard InChI is InChI=1S/C15H15ClO3S/c16-12-5-3-11(4-6-12)15(20-9-7-17)10-13(18)14-2-1-8-19-14/h1-6,8,15,17H,7,9-10H2/t15-/m1/s1. The second-order valence-corrected chi connectivity index (χ2v) is 5.99. The van der Waals surface area contributed by atoms with Crippen LogP contribution in [0.4, 0.5) is 0 Å². The highest BCUT2D eigenvalue weighted by molar-refractivity contribution is 7.99. The minimum absolute atomic E-state index is 0.0167. The first-order valence-corrected chi connectivity index (χ1v) is 7.68. The Kier molecular flexibility index (Phi) is 5.71. The summed E-state index contributed by atoms with van der Waals surface area (Å²) in [6, 6.07) is 10.8. The number of hydrogen-bond acceptors (Lipinski definition) is 4. The fourth-order valence-electron chi connectivity index (χ4n) is 1.85. The van der Waals surface area contributed by atoms with Gasteiger partial charge in [0, 0.05) is 22.4 Å². The molecule has 1 aromatic carbocycles. The molecular formula is C15H15ClO3S. The van der Waals surface area contributed by atoms with Gasteiger partial charge in [-0.1, -0.05) is 23.7 Å². The second kappa shape index (κ2) is 7.53. The van der Waals surface area contributed by atoms with Crippen LogP contribution in [0.2, 0.25) is 5.02 Å². The third-order valence-electron chi connectivity index (χ3n) is 2.82. The van der Waals surface area contributed by atoms with Crippen molar-refractivity contribution in [3.63, 3.8) is 0 Å². The first-order chi connectivity index (χ1) is 9.70.